The van der Waals surface area contributed by atoms with Crippen LogP contribution < -0.4 is 11.1 Å². The molecule has 0 aliphatic carbocycles. The van der Waals surface area contributed by atoms with Gasteiger partial charge in [0.1, 0.15) is 16.7 Å². The molecule has 6 heteroatoms. The van der Waals surface area contributed by atoms with E-state index in [4.69, 9.17) is 17.3 Å². The van der Waals surface area contributed by atoms with Gasteiger partial charge in [0.25, 0.3) is 0 Å². The number of aryl methyl sites for hydroxylation is 2. The Balaban J connectivity index is 1.99. The van der Waals surface area contributed by atoms with Crippen LogP contribution in [0.4, 0.5) is 11.8 Å². The van der Waals surface area contributed by atoms with Gasteiger partial charge in [0.05, 0.1) is 0 Å². The molecule has 5 nitrogen and oxygen atoms in total. The van der Waals surface area contributed by atoms with Gasteiger partial charge in [0.15, 0.2) is 0 Å². The van der Waals surface area contributed by atoms with Gasteiger partial charge in [-0.05, 0) is 37.0 Å². The quantitative estimate of drug-likeness (QED) is 0.755. The van der Waals surface area contributed by atoms with Crippen LogP contribution in [0.2, 0.25) is 5.15 Å². The second-order valence-corrected chi connectivity index (χ2v) is 5.08. The van der Waals surface area contributed by atoms with Crippen LogP contribution in [-0.4, -0.2) is 21.6 Å². The van der Waals surface area contributed by atoms with E-state index >= 15 is 0 Å². The third-order valence-electron chi connectivity index (χ3n) is 2.98. The maximum absolute atomic E-state index is 9.73. The Bertz CT molecular complexity index is 587. The topological polar surface area (TPSA) is 84.1 Å². The van der Waals surface area contributed by atoms with E-state index in [1.165, 1.54) is 0 Å². The standard InChI is InChI=1S/C14H17ClN4O/c1-8-5-10(6-9(2)13(8)20)3-4-17-12-7-11(15)18-14(16)19-12/h5-7,20H,3-4H2,1-2H3,(H3,16,17,18,19). The Morgan fingerprint density at radius 1 is 1.20 bits per heavy atom. The van der Waals surface area contributed by atoms with Crippen LogP contribution in [0, 0.1) is 13.8 Å². The van der Waals surface area contributed by atoms with Gasteiger partial charge >= 0.3 is 0 Å². The summed E-state index contributed by atoms with van der Waals surface area (Å²) in [5, 5.41) is 13.2. The predicted octanol–water partition coefficient (Wildman–Crippen LogP) is 2.69. The van der Waals surface area contributed by atoms with E-state index in [2.05, 4.69) is 15.3 Å². The fourth-order valence-electron chi connectivity index (χ4n) is 2.05. The van der Waals surface area contributed by atoms with Crippen molar-refractivity contribution in [2.75, 3.05) is 17.6 Å². The highest BCUT2D eigenvalue weighted by atomic mass is 35.5. The summed E-state index contributed by atoms with van der Waals surface area (Å²) in [5.74, 6) is 1.11. The Hall–Kier alpha value is -2.01. The Kier molecular flexibility index (Phi) is 4.29. The zero-order valence-corrected chi connectivity index (χ0v) is 12.2. The molecule has 0 saturated heterocycles. The van der Waals surface area contributed by atoms with Crippen LogP contribution in [0.1, 0.15) is 16.7 Å². The van der Waals surface area contributed by atoms with E-state index < -0.39 is 0 Å². The van der Waals surface area contributed by atoms with E-state index in [-0.39, 0.29) is 5.95 Å². The van der Waals surface area contributed by atoms with Gasteiger partial charge in [-0.3, -0.25) is 0 Å². The molecular weight excluding hydrogens is 276 g/mol. The summed E-state index contributed by atoms with van der Waals surface area (Å²) in [7, 11) is 0. The zero-order chi connectivity index (χ0) is 14.7. The number of benzene rings is 1. The lowest BCUT2D eigenvalue weighted by Gasteiger charge is -2.09. The monoisotopic (exact) mass is 292 g/mol. The second-order valence-electron chi connectivity index (χ2n) is 4.69. The molecule has 1 aromatic heterocycles. The SMILES string of the molecule is Cc1cc(CCNc2cc(Cl)nc(N)n2)cc(C)c1O. The Morgan fingerprint density at radius 3 is 2.45 bits per heavy atom. The summed E-state index contributed by atoms with van der Waals surface area (Å²) in [5.41, 5.74) is 8.44. The number of nitrogens with one attached hydrogen (secondary N) is 1. The van der Waals surface area contributed by atoms with E-state index in [9.17, 15) is 5.11 Å². The summed E-state index contributed by atoms with van der Waals surface area (Å²) >= 11 is 5.81. The number of phenolic OH excluding ortho intramolecular Hbond substituents is 1. The Labute approximate surface area is 122 Å². The number of hydrogen-bond donors (Lipinski definition) is 3. The molecule has 0 bridgehead atoms. The normalized spacial score (nSPS) is 10.6. The van der Waals surface area contributed by atoms with Gasteiger partial charge in [-0.15, -0.1) is 0 Å². The number of aromatic nitrogens is 2. The number of anilines is 2. The number of nitrogens with zero attached hydrogens (tertiary/aromatic N) is 2. The van der Waals surface area contributed by atoms with Gasteiger partial charge in [-0.2, -0.15) is 4.98 Å². The smallest absolute Gasteiger partial charge is 0.223 e. The maximum atomic E-state index is 9.73. The third-order valence-corrected chi connectivity index (χ3v) is 3.18. The summed E-state index contributed by atoms with van der Waals surface area (Å²) in [4.78, 5) is 7.84. The number of phenols is 1. The van der Waals surface area contributed by atoms with Crippen molar-refractivity contribution < 1.29 is 5.11 Å². The van der Waals surface area contributed by atoms with Crippen molar-refractivity contribution in [3.05, 3.63) is 40.0 Å². The number of hydrogen-bond acceptors (Lipinski definition) is 5. The highest BCUT2D eigenvalue weighted by Crippen LogP contribution is 2.23. The molecule has 0 fully saturated rings. The fraction of sp³-hybridized carbons (Fsp3) is 0.286. The van der Waals surface area contributed by atoms with Crippen molar-refractivity contribution in [2.45, 2.75) is 20.3 Å². The lowest BCUT2D eigenvalue weighted by molar-refractivity contribution is 0.466. The molecule has 0 saturated carbocycles. The van der Waals surface area contributed by atoms with Crippen LogP contribution in [-0.2, 0) is 6.42 Å². The molecule has 0 radical (unpaired) electrons. The minimum atomic E-state index is 0.149. The van der Waals surface area contributed by atoms with Gasteiger partial charge in [-0.25, -0.2) is 4.98 Å². The first-order valence-electron chi connectivity index (χ1n) is 6.28. The molecule has 1 heterocycles. The second kappa shape index (κ2) is 5.96. The average molecular weight is 293 g/mol. The van der Waals surface area contributed by atoms with E-state index in [0.717, 1.165) is 23.1 Å². The van der Waals surface area contributed by atoms with E-state index in [1.54, 1.807) is 6.07 Å². The van der Waals surface area contributed by atoms with Crippen molar-refractivity contribution in [2.24, 2.45) is 0 Å². The number of nitrogens with two attached hydrogens (primary N) is 1. The lowest BCUT2D eigenvalue weighted by Crippen LogP contribution is -2.08. The fourth-order valence-corrected chi connectivity index (χ4v) is 2.24. The van der Waals surface area contributed by atoms with Crippen molar-refractivity contribution in [3.63, 3.8) is 0 Å². The number of aromatic hydroxyl groups is 1. The van der Waals surface area contributed by atoms with Crippen LogP contribution in [0.25, 0.3) is 0 Å². The molecular formula is C14H17ClN4O. The molecule has 2 aromatic rings. The predicted molar refractivity (Wildman–Crippen MR) is 81.2 cm³/mol. The minimum absolute atomic E-state index is 0.149. The van der Waals surface area contributed by atoms with Crippen LogP contribution in [0.15, 0.2) is 18.2 Å². The molecule has 0 aliphatic heterocycles. The van der Waals surface area contributed by atoms with Crippen molar-refractivity contribution in [1.82, 2.24) is 9.97 Å². The van der Waals surface area contributed by atoms with Crippen LogP contribution in [0.5, 0.6) is 5.75 Å². The molecule has 0 amide bonds. The first-order valence-corrected chi connectivity index (χ1v) is 6.66. The third kappa shape index (κ3) is 3.51. The van der Waals surface area contributed by atoms with Gasteiger partial charge in [0, 0.05) is 12.6 Å². The average Bonchev–Trinajstić information content (AvgIpc) is 2.34. The molecule has 20 heavy (non-hydrogen) atoms. The highest BCUT2D eigenvalue weighted by Gasteiger charge is 2.04. The molecule has 106 valence electrons. The molecule has 2 rings (SSSR count). The maximum Gasteiger partial charge on any atom is 0.223 e. The molecule has 0 aliphatic rings. The molecule has 4 N–H and O–H groups in total. The molecule has 0 spiro atoms. The number of rotatable bonds is 4. The van der Waals surface area contributed by atoms with E-state index in [1.807, 2.05) is 26.0 Å². The minimum Gasteiger partial charge on any atom is -0.507 e. The summed E-state index contributed by atoms with van der Waals surface area (Å²) in [6, 6.07) is 5.59. The zero-order valence-electron chi connectivity index (χ0n) is 11.4. The van der Waals surface area contributed by atoms with Crippen LogP contribution >= 0.6 is 11.6 Å². The van der Waals surface area contributed by atoms with Crippen molar-refractivity contribution in [1.29, 1.82) is 0 Å². The summed E-state index contributed by atoms with van der Waals surface area (Å²) in [6.07, 6.45) is 0.809. The number of nitrogen functional groups attached to an aromatic ring is 1. The van der Waals surface area contributed by atoms with Gasteiger partial charge < -0.3 is 16.2 Å². The molecule has 0 atom stereocenters. The molecule has 0 unspecified atom stereocenters. The summed E-state index contributed by atoms with van der Waals surface area (Å²) in [6.45, 7) is 4.48. The van der Waals surface area contributed by atoms with Crippen LogP contribution in [0.3, 0.4) is 0 Å². The first kappa shape index (κ1) is 14.4. The Morgan fingerprint density at radius 2 is 1.85 bits per heavy atom. The molecule has 1 aromatic carbocycles. The van der Waals surface area contributed by atoms with Crippen molar-refractivity contribution >= 4 is 23.4 Å². The largest absolute Gasteiger partial charge is 0.507 e. The first-order chi connectivity index (χ1) is 9.45. The van der Waals surface area contributed by atoms with Gasteiger partial charge in [0.2, 0.25) is 5.95 Å². The van der Waals surface area contributed by atoms with E-state index in [0.29, 0.717) is 23.3 Å². The summed E-state index contributed by atoms with van der Waals surface area (Å²) < 4.78 is 0. The van der Waals surface area contributed by atoms with Crippen molar-refractivity contribution in [3.8, 4) is 5.75 Å². The van der Waals surface area contributed by atoms with Gasteiger partial charge in [-0.1, -0.05) is 23.7 Å². The highest BCUT2D eigenvalue weighted by molar-refractivity contribution is 6.29. The lowest BCUT2D eigenvalue weighted by atomic mass is 10.0. The number of halogens is 1.